The van der Waals surface area contributed by atoms with Crippen molar-refractivity contribution in [1.29, 1.82) is 0 Å². The van der Waals surface area contributed by atoms with Crippen LogP contribution >= 0.6 is 11.6 Å². The Kier molecular flexibility index (Phi) is 3.63. The van der Waals surface area contributed by atoms with Crippen LogP contribution in [0.15, 0.2) is 24.3 Å². The van der Waals surface area contributed by atoms with E-state index in [0.717, 1.165) is 30.9 Å². The molecule has 2 unspecified atom stereocenters. The molecular formula is C14H16ClF3. The SMILES string of the molecule is CC1(Cc2cccc(C(F)(F)F)c2)CCC(Cl)C1. The average Bonchev–Trinajstić information content (AvgIpc) is 2.57. The van der Waals surface area contributed by atoms with Crippen LogP contribution in [0, 0.1) is 5.41 Å². The zero-order valence-electron chi connectivity index (χ0n) is 10.2. The number of hydrogen-bond donors (Lipinski definition) is 0. The summed E-state index contributed by atoms with van der Waals surface area (Å²) in [6, 6.07) is 5.62. The van der Waals surface area contributed by atoms with Crippen molar-refractivity contribution in [3.8, 4) is 0 Å². The summed E-state index contributed by atoms with van der Waals surface area (Å²) in [7, 11) is 0. The minimum atomic E-state index is -4.26. The van der Waals surface area contributed by atoms with Crippen molar-refractivity contribution in [2.75, 3.05) is 0 Å². The second-order valence-electron chi connectivity index (χ2n) is 5.53. The average molecular weight is 277 g/mol. The molecule has 1 saturated carbocycles. The minimum Gasteiger partial charge on any atom is -0.166 e. The summed E-state index contributed by atoms with van der Waals surface area (Å²) in [6.07, 6.45) is -0.777. The van der Waals surface area contributed by atoms with E-state index < -0.39 is 11.7 Å². The Morgan fingerprint density at radius 3 is 2.67 bits per heavy atom. The lowest BCUT2D eigenvalue weighted by molar-refractivity contribution is -0.137. The van der Waals surface area contributed by atoms with Gasteiger partial charge in [-0.25, -0.2) is 0 Å². The normalized spacial score (nSPS) is 28.6. The third-order valence-corrected chi connectivity index (χ3v) is 4.03. The lowest BCUT2D eigenvalue weighted by atomic mass is 9.82. The first-order chi connectivity index (χ1) is 8.28. The lowest BCUT2D eigenvalue weighted by Gasteiger charge is -2.24. The summed E-state index contributed by atoms with van der Waals surface area (Å²) < 4.78 is 37.9. The predicted octanol–water partition coefficient (Wildman–Crippen LogP) is 5.05. The number of alkyl halides is 4. The van der Waals surface area contributed by atoms with E-state index in [9.17, 15) is 13.2 Å². The molecule has 0 spiro atoms. The molecule has 1 fully saturated rings. The first-order valence-corrected chi connectivity index (χ1v) is 6.52. The van der Waals surface area contributed by atoms with Crippen LogP contribution in [0.1, 0.15) is 37.3 Å². The highest BCUT2D eigenvalue weighted by Crippen LogP contribution is 2.43. The molecule has 0 nitrogen and oxygen atoms in total. The molecule has 0 saturated heterocycles. The molecule has 0 N–H and O–H groups in total. The van der Waals surface area contributed by atoms with Crippen LogP contribution < -0.4 is 0 Å². The second kappa shape index (κ2) is 4.76. The fraction of sp³-hybridized carbons (Fsp3) is 0.571. The van der Waals surface area contributed by atoms with Crippen molar-refractivity contribution in [2.24, 2.45) is 5.41 Å². The lowest BCUT2D eigenvalue weighted by Crippen LogP contribution is -2.16. The molecule has 0 amide bonds. The van der Waals surface area contributed by atoms with Crippen molar-refractivity contribution in [2.45, 2.75) is 44.2 Å². The summed E-state index contributed by atoms with van der Waals surface area (Å²) in [5, 5.41) is 0.167. The van der Waals surface area contributed by atoms with Crippen LogP contribution in [0.25, 0.3) is 0 Å². The Morgan fingerprint density at radius 1 is 1.39 bits per heavy atom. The maximum absolute atomic E-state index is 12.6. The molecular weight excluding hydrogens is 261 g/mol. The van der Waals surface area contributed by atoms with E-state index in [1.54, 1.807) is 6.07 Å². The number of hydrogen-bond acceptors (Lipinski definition) is 0. The van der Waals surface area contributed by atoms with Gasteiger partial charge < -0.3 is 0 Å². The summed E-state index contributed by atoms with van der Waals surface area (Å²) in [5.74, 6) is 0. The van der Waals surface area contributed by atoms with Gasteiger partial charge >= 0.3 is 6.18 Å². The molecule has 0 aromatic heterocycles. The van der Waals surface area contributed by atoms with E-state index in [0.29, 0.717) is 6.42 Å². The van der Waals surface area contributed by atoms with Crippen molar-refractivity contribution >= 4 is 11.6 Å². The van der Waals surface area contributed by atoms with Gasteiger partial charge in [0, 0.05) is 5.38 Å². The van der Waals surface area contributed by atoms with Crippen molar-refractivity contribution in [3.05, 3.63) is 35.4 Å². The molecule has 2 rings (SSSR count). The largest absolute Gasteiger partial charge is 0.416 e. The standard InChI is InChI=1S/C14H16ClF3/c1-13(6-5-12(15)9-13)8-10-3-2-4-11(7-10)14(16,17)18/h2-4,7,12H,5-6,8-9H2,1H3. The smallest absolute Gasteiger partial charge is 0.166 e. The quantitative estimate of drug-likeness (QED) is 0.664. The molecule has 0 aliphatic heterocycles. The van der Waals surface area contributed by atoms with Crippen LogP contribution in [-0.2, 0) is 12.6 Å². The zero-order valence-corrected chi connectivity index (χ0v) is 11.0. The molecule has 2 atom stereocenters. The number of halogens is 4. The molecule has 18 heavy (non-hydrogen) atoms. The Balaban J connectivity index is 2.15. The molecule has 1 aliphatic rings. The molecule has 100 valence electrons. The number of rotatable bonds is 2. The highest BCUT2D eigenvalue weighted by molar-refractivity contribution is 6.20. The van der Waals surface area contributed by atoms with Gasteiger partial charge in [0.05, 0.1) is 5.56 Å². The van der Waals surface area contributed by atoms with E-state index in [1.807, 2.05) is 0 Å². The molecule has 1 aromatic rings. The van der Waals surface area contributed by atoms with Gasteiger partial charge in [-0.2, -0.15) is 13.2 Å². The maximum Gasteiger partial charge on any atom is 0.416 e. The van der Waals surface area contributed by atoms with E-state index in [4.69, 9.17) is 11.6 Å². The number of benzene rings is 1. The van der Waals surface area contributed by atoms with Gasteiger partial charge in [0.15, 0.2) is 0 Å². The predicted molar refractivity (Wildman–Crippen MR) is 66.7 cm³/mol. The van der Waals surface area contributed by atoms with Crippen LogP contribution in [-0.4, -0.2) is 5.38 Å². The fourth-order valence-corrected chi connectivity index (χ4v) is 3.24. The summed E-state index contributed by atoms with van der Waals surface area (Å²) in [6.45, 7) is 2.11. The van der Waals surface area contributed by atoms with Crippen LogP contribution in [0.3, 0.4) is 0 Å². The Morgan fingerprint density at radius 2 is 2.11 bits per heavy atom. The molecule has 0 radical (unpaired) electrons. The third kappa shape index (κ3) is 3.19. The first-order valence-electron chi connectivity index (χ1n) is 6.09. The fourth-order valence-electron chi connectivity index (χ4n) is 2.75. The highest BCUT2D eigenvalue weighted by Gasteiger charge is 2.35. The van der Waals surface area contributed by atoms with Crippen molar-refractivity contribution in [1.82, 2.24) is 0 Å². The van der Waals surface area contributed by atoms with Gasteiger partial charge in [-0.15, -0.1) is 11.6 Å². The summed E-state index contributed by atoms with van der Waals surface area (Å²) in [4.78, 5) is 0. The van der Waals surface area contributed by atoms with Crippen molar-refractivity contribution in [3.63, 3.8) is 0 Å². The van der Waals surface area contributed by atoms with E-state index >= 15 is 0 Å². The third-order valence-electron chi connectivity index (χ3n) is 3.66. The molecule has 1 aliphatic carbocycles. The second-order valence-corrected chi connectivity index (χ2v) is 6.14. The maximum atomic E-state index is 12.6. The van der Waals surface area contributed by atoms with Gasteiger partial charge in [-0.3, -0.25) is 0 Å². The Hall–Kier alpha value is -0.700. The Bertz CT molecular complexity index is 427. The summed E-state index contributed by atoms with van der Waals surface area (Å²) in [5.41, 5.74) is 0.221. The van der Waals surface area contributed by atoms with E-state index in [-0.39, 0.29) is 10.8 Å². The molecule has 0 heterocycles. The van der Waals surface area contributed by atoms with Gasteiger partial charge in [-0.1, -0.05) is 25.1 Å². The minimum absolute atomic E-state index is 0.0383. The van der Waals surface area contributed by atoms with Gasteiger partial charge in [-0.05, 0) is 42.7 Å². The van der Waals surface area contributed by atoms with Crippen LogP contribution in [0.4, 0.5) is 13.2 Å². The monoisotopic (exact) mass is 276 g/mol. The Labute approximate surface area is 110 Å². The molecule has 1 aromatic carbocycles. The van der Waals surface area contributed by atoms with Gasteiger partial charge in [0.2, 0.25) is 0 Å². The molecule has 4 heteroatoms. The van der Waals surface area contributed by atoms with Gasteiger partial charge in [0.25, 0.3) is 0 Å². The van der Waals surface area contributed by atoms with Crippen molar-refractivity contribution < 1.29 is 13.2 Å². The molecule has 0 bridgehead atoms. The van der Waals surface area contributed by atoms with Crippen LogP contribution in [0.2, 0.25) is 0 Å². The topological polar surface area (TPSA) is 0 Å². The van der Waals surface area contributed by atoms with Gasteiger partial charge in [0.1, 0.15) is 0 Å². The van der Waals surface area contributed by atoms with E-state index in [1.165, 1.54) is 12.1 Å². The first kappa shape index (κ1) is 13.7. The van der Waals surface area contributed by atoms with Crippen LogP contribution in [0.5, 0.6) is 0 Å². The van der Waals surface area contributed by atoms with E-state index in [2.05, 4.69) is 6.92 Å². The highest BCUT2D eigenvalue weighted by atomic mass is 35.5. The zero-order chi connectivity index (χ0) is 13.4. The summed E-state index contributed by atoms with van der Waals surface area (Å²) >= 11 is 6.09.